The summed E-state index contributed by atoms with van der Waals surface area (Å²) in [6.07, 6.45) is 50.6. The van der Waals surface area contributed by atoms with Crippen LogP contribution in [0.25, 0.3) is 0 Å². The Morgan fingerprint density at radius 1 is 0.525 bits per heavy atom. The molecule has 8 nitrogen and oxygen atoms in total. The first-order valence-electron chi connectivity index (χ1n) is 25.1. The molecule has 2 atom stereocenters. The quantitative estimate of drug-likeness (QED) is 0.0198. The molecule has 0 bridgehead atoms. The molecule has 0 amide bonds. The van der Waals surface area contributed by atoms with Gasteiger partial charge in [-0.2, -0.15) is 0 Å². The molecule has 0 rings (SSSR count). The first-order chi connectivity index (χ1) is 28.6. The highest BCUT2D eigenvalue weighted by atomic mass is 31.2. The molecule has 0 aromatic carbocycles. The number of phosphoric acid groups is 1. The summed E-state index contributed by atoms with van der Waals surface area (Å²) in [6, 6.07) is 0. The van der Waals surface area contributed by atoms with Crippen molar-refractivity contribution in [1.29, 1.82) is 0 Å². The standard InChI is InChI=1S/C50H98NO7P/c1-6-8-10-12-14-16-18-20-22-23-24-25-26-27-28-29-30-31-33-35-37-39-41-43-50(52)58-49(48-57-59(53,54)56-46-44-51(3,4)5)47-55-45-42-40-38-36-34-32-21-19-17-15-13-11-9-7-2/h11,13,17,19,49H,6-10,12,14-16,18,20-48H2,1-5H3/b13-11-,19-17-. The number of phosphoric ester groups is 1. The minimum Gasteiger partial charge on any atom is -0.756 e. The van der Waals surface area contributed by atoms with Gasteiger partial charge in [-0.15, -0.1) is 0 Å². The van der Waals surface area contributed by atoms with Crippen LogP contribution in [-0.4, -0.2) is 70.7 Å². The van der Waals surface area contributed by atoms with Crippen molar-refractivity contribution in [3.63, 3.8) is 0 Å². The zero-order valence-electron chi connectivity index (χ0n) is 39.7. The van der Waals surface area contributed by atoms with Crippen molar-refractivity contribution < 1.29 is 37.3 Å². The SMILES string of the molecule is CCC/C=C\C/C=C\CCCCCCCCOCC(COP(=O)([O-])OCC[N+](C)(C)C)OC(=O)CCCCCCCCCCCCCCCCCCCCCCCCC. The molecule has 0 saturated carbocycles. The predicted molar refractivity (Wildman–Crippen MR) is 250 cm³/mol. The second-order valence-corrected chi connectivity index (χ2v) is 19.6. The number of quaternary nitrogens is 1. The molecule has 0 heterocycles. The van der Waals surface area contributed by atoms with Crippen LogP contribution in [0.4, 0.5) is 0 Å². The minimum absolute atomic E-state index is 0.0260. The number of likely N-dealkylation sites (N-methyl/N-ethyl adjacent to an activating group) is 1. The summed E-state index contributed by atoms with van der Waals surface area (Å²) < 4.78 is 34.7. The Labute approximate surface area is 366 Å². The van der Waals surface area contributed by atoms with Crippen LogP contribution >= 0.6 is 7.82 Å². The Kier molecular flexibility index (Phi) is 42.9. The fourth-order valence-electron chi connectivity index (χ4n) is 7.12. The molecular weight excluding hydrogens is 758 g/mol. The van der Waals surface area contributed by atoms with Gasteiger partial charge >= 0.3 is 5.97 Å². The number of carbonyl (C=O) groups is 1. The van der Waals surface area contributed by atoms with Gasteiger partial charge in [0.15, 0.2) is 0 Å². The van der Waals surface area contributed by atoms with Crippen molar-refractivity contribution in [3.05, 3.63) is 24.3 Å². The average Bonchev–Trinajstić information content (AvgIpc) is 3.19. The Balaban J connectivity index is 4.08. The lowest BCUT2D eigenvalue weighted by molar-refractivity contribution is -0.870. The van der Waals surface area contributed by atoms with Gasteiger partial charge in [-0.05, 0) is 38.5 Å². The average molecular weight is 856 g/mol. The van der Waals surface area contributed by atoms with Crippen molar-refractivity contribution >= 4 is 13.8 Å². The van der Waals surface area contributed by atoms with Crippen LogP contribution in [0, 0.1) is 0 Å². The van der Waals surface area contributed by atoms with Crippen molar-refractivity contribution in [1.82, 2.24) is 0 Å². The molecule has 0 radical (unpaired) electrons. The highest BCUT2D eigenvalue weighted by molar-refractivity contribution is 7.45. The molecule has 0 N–H and O–H groups in total. The van der Waals surface area contributed by atoms with E-state index in [1.807, 2.05) is 21.1 Å². The zero-order chi connectivity index (χ0) is 43.4. The fourth-order valence-corrected chi connectivity index (χ4v) is 7.84. The molecule has 0 aromatic heterocycles. The summed E-state index contributed by atoms with van der Waals surface area (Å²) in [4.78, 5) is 25.1. The number of allylic oxidation sites excluding steroid dienone is 4. The molecular formula is C50H98NO7P. The Bertz CT molecular complexity index is 998. The molecule has 0 aliphatic rings. The third-order valence-corrected chi connectivity index (χ3v) is 12.0. The Morgan fingerprint density at radius 2 is 0.966 bits per heavy atom. The maximum Gasteiger partial charge on any atom is 0.306 e. The molecule has 0 saturated heterocycles. The maximum atomic E-state index is 12.7. The molecule has 9 heteroatoms. The summed E-state index contributed by atoms with van der Waals surface area (Å²) in [5, 5.41) is 0. The van der Waals surface area contributed by atoms with Crippen LogP contribution in [0.2, 0.25) is 0 Å². The van der Waals surface area contributed by atoms with Crippen LogP contribution in [0.3, 0.4) is 0 Å². The van der Waals surface area contributed by atoms with Gasteiger partial charge in [-0.25, -0.2) is 0 Å². The molecule has 0 aliphatic carbocycles. The summed E-state index contributed by atoms with van der Waals surface area (Å²) in [5.41, 5.74) is 0. The topological polar surface area (TPSA) is 94.1 Å². The van der Waals surface area contributed by atoms with Gasteiger partial charge in [0.25, 0.3) is 7.82 Å². The summed E-state index contributed by atoms with van der Waals surface area (Å²) in [6.45, 7) is 5.37. The number of unbranched alkanes of at least 4 members (excludes halogenated alkanes) is 29. The largest absolute Gasteiger partial charge is 0.756 e. The molecule has 0 spiro atoms. The van der Waals surface area contributed by atoms with Gasteiger partial charge in [-0.3, -0.25) is 9.36 Å². The molecule has 0 fully saturated rings. The lowest BCUT2D eigenvalue weighted by atomic mass is 10.0. The minimum atomic E-state index is -4.53. The van der Waals surface area contributed by atoms with Crippen molar-refractivity contribution in [2.24, 2.45) is 0 Å². The second kappa shape index (κ2) is 43.6. The first kappa shape index (κ1) is 58.0. The number of hydrogen-bond acceptors (Lipinski definition) is 7. The van der Waals surface area contributed by atoms with Crippen LogP contribution in [0.5, 0.6) is 0 Å². The van der Waals surface area contributed by atoms with Gasteiger partial charge in [0.2, 0.25) is 0 Å². The van der Waals surface area contributed by atoms with E-state index in [0.29, 0.717) is 24.1 Å². The molecule has 0 aliphatic heterocycles. The zero-order valence-corrected chi connectivity index (χ0v) is 40.6. The number of rotatable bonds is 47. The number of hydrogen-bond donors (Lipinski definition) is 0. The third kappa shape index (κ3) is 47.9. The molecule has 350 valence electrons. The smallest absolute Gasteiger partial charge is 0.306 e. The third-order valence-electron chi connectivity index (χ3n) is 11.0. The lowest BCUT2D eigenvalue weighted by Gasteiger charge is -2.28. The highest BCUT2D eigenvalue weighted by Gasteiger charge is 2.20. The van der Waals surface area contributed by atoms with Gasteiger partial charge in [-0.1, -0.05) is 212 Å². The summed E-state index contributed by atoms with van der Waals surface area (Å²) >= 11 is 0. The van der Waals surface area contributed by atoms with Crippen molar-refractivity contribution in [2.45, 2.75) is 238 Å². The van der Waals surface area contributed by atoms with E-state index in [0.717, 1.165) is 51.4 Å². The summed E-state index contributed by atoms with van der Waals surface area (Å²) in [7, 11) is 1.36. The van der Waals surface area contributed by atoms with Gasteiger partial charge < -0.3 is 27.9 Å². The van der Waals surface area contributed by atoms with E-state index in [1.54, 1.807) is 0 Å². The van der Waals surface area contributed by atoms with Gasteiger partial charge in [0.05, 0.1) is 34.4 Å². The van der Waals surface area contributed by atoms with E-state index in [4.69, 9.17) is 18.5 Å². The maximum absolute atomic E-state index is 12.7. The van der Waals surface area contributed by atoms with E-state index in [-0.39, 0.29) is 25.8 Å². The second-order valence-electron chi connectivity index (χ2n) is 18.2. The number of ether oxygens (including phenoxy) is 2. The normalized spacial score (nSPS) is 13.8. The lowest BCUT2D eigenvalue weighted by Crippen LogP contribution is -2.37. The van der Waals surface area contributed by atoms with Crippen LogP contribution in [-0.2, 0) is 27.9 Å². The number of esters is 1. The summed E-state index contributed by atoms with van der Waals surface area (Å²) in [5.74, 6) is -0.333. The van der Waals surface area contributed by atoms with Crippen molar-refractivity contribution in [3.8, 4) is 0 Å². The van der Waals surface area contributed by atoms with Crippen LogP contribution < -0.4 is 4.89 Å². The fraction of sp³-hybridized carbons (Fsp3) is 0.900. The van der Waals surface area contributed by atoms with E-state index in [9.17, 15) is 14.3 Å². The number of carbonyl (C=O) groups excluding carboxylic acids is 1. The predicted octanol–water partition coefficient (Wildman–Crippen LogP) is 14.5. The Morgan fingerprint density at radius 3 is 1.44 bits per heavy atom. The van der Waals surface area contributed by atoms with Crippen LogP contribution in [0.1, 0.15) is 232 Å². The molecule has 0 aromatic rings. The van der Waals surface area contributed by atoms with E-state index in [1.165, 1.54) is 161 Å². The van der Waals surface area contributed by atoms with Gasteiger partial charge in [0.1, 0.15) is 19.3 Å². The highest BCUT2D eigenvalue weighted by Crippen LogP contribution is 2.38. The molecule has 59 heavy (non-hydrogen) atoms. The number of nitrogens with zero attached hydrogens (tertiary/aromatic N) is 1. The van der Waals surface area contributed by atoms with E-state index in [2.05, 4.69) is 38.2 Å². The van der Waals surface area contributed by atoms with E-state index < -0.39 is 13.9 Å². The first-order valence-corrected chi connectivity index (χ1v) is 26.5. The monoisotopic (exact) mass is 856 g/mol. The molecule has 2 unspecified atom stereocenters. The van der Waals surface area contributed by atoms with Crippen LogP contribution in [0.15, 0.2) is 24.3 Å². The Hall–Kier alpha value is -1.02. The van der Waals surface area contributed by atoms with Gasteiger partial charge in [0, 0.05) is 13.0 Å². The van der Waals surface area contributed by atoms with E-state index >= 15 is 0 Å². The van der Waals surface area contributed by atoms with Crippen molar-refractivity contribution in [2.75, 3.05) is 54.1 Å².